The molecule has 0 aliphatic carbocycles. The maximum absolute atomic E-state index is 11.7. The summed E-state index contributed by atoms with van der Waals surface area (Å²) in [6.45, 7) is 5.02. The van der Waals surface area contributed by atoms with Crippen LogP contribution in [0.4, 0.5) is 0 Å². The van der Waals surface area contributed by atoms with Gasteiger partial charge in [0, 0.05) is 18.9 Å². The van der Waals surface area contributed by atoms with E-state index in [1.54, 1.807) is 11.8 Å². The molecule has 1 unspecified atom stereocenters. The molecule has 0 bridgehead atoms. The first-order valence-electron chi connectivity index (χ1n) is 7.16. The van der Waals surface area contributed by atoms with E-state index in [1.165, 1.54) is 11.1 Å². The number of rotatable bonds is 9. The standard InChI is InChI=1S/C16H25NO2S/c1-3-14(7-8-18)10-17-16(19)12-20-11-15-6-4-5-13(2)9-15/h4-6,9,14,18H,3,7-8,10-12H2,1-2H3,(H,17,19). The third kappa shape index (κ3) is 6.96. The molecule has 1 aromatic rings. The first-order chi connectivity index (χ1) is 9.65. The van der Waals surface area contributed by atoms with Gasteiger partial charge in [-0.2, -0.15) is 0 Å². The second kappa shape index (κ2) is 9.83. The Bertz CT molecular complexity index is 409. The van der Waals surface area contributed by atoms with Crippen molar-refractivity contribution in [2.75, 3.05) is 18.9 Å². The fraction of sp³-hybridized carbons (Fsp3) is 0.562. The summed E-state index contributed by atoms with van der Waals surface area (Å²) in [7, 11) is 0. The van der Waals surface area contributed by atoms with E-state index in [2.05, 4.69) is 37.4 Å². The number of carbonyl (C=O) groups is 1. The van der Waals surface area contributed by atoms with E-state index >= 15 is 0 Å². The highest BCUT2D eigenvalue weighted by atomic mass is 32.2. The molecule has 1 rings (SSSR count). The largest absolute Gasteiger partial charge is 0.396 e. The normalized spacial score (nSPS) is 12.2. The highest BCUT2D eigenvalue weighted by Crippen LogP contribution is 2.13. The fourth-order valence-corrected chi connectivity index (χ4v) is 2.81. The molecule has 1 aromatic carbocycles. The highest BCUT2D eigenvalue weighted by Gasteiger charge is 2.08. The Hall–Kier alpha value is -1.00. The Morgan fingerprint density at radius 1 is 1.45 bits per heavy atom. The molecule has 0 aliphatic rings. The Kier molecular flexibility index (Phi) is 8.38. The van der Waals surface area contributed by atoms with Gasteiger partial charge in [-0.25, -0.2) is 0 Å². The highest BCUT2D eigenvalue weighted by molar-refractivity contribution is 7.99. The van der Waals surface area contributed by atoms with Gasteiger partial charge in [-0.1, -0.05) is 43.2 Å². The van der Waals surface area contributed by atoms with Gasteiger partial charge in [0.1, 0.15) is 0 Å². The second-order valence-corrected chi connectivity index (χ2v) is 6.06. The Morgan fingerprint density at radius 3 is 2.90 bits per heavy atom. The lowest BCUT2D eigenvalue weighted by Crippen LogP contribution is -2.30. The molecule has 0 radical (unpaired) electrons. The summed E-state index contributed by atoms with van der Waals surface area (Å²) < 4.78 is 0. The number of thioether (sulfide) groups is 1. The van der Waals surface area contributed by atoms with Gasteiger partial charge in [0.2, 0.25) is 5.91 Å². The molecule has 20 heavy (non-hydrogen) atoms. The second-order valence-electron chi connectivity index (χ2n) is 5.07. The molecular weight excluding hydrogens is 270 g/mol. The summed E-state index contributed by atoms with van der Waals surface area (Å²) in [4.78, 5) is 11.7. The van der Waals surface area contributed by atoms with Crippen LogP contribution in [0.15, 0.2) is 24.3 Å². The number of aryl methyl sites for hydroxylation is 1. The van der Waals surface area contributed by atoms with Gasteiger partial charge in [0.25, 0.3) is 0 Å². The summed E-state index contributed by atoms with van der Waals surface area (Å²) in [6.07, 6.45) is 1.74. The molecule has 1 amide bonds. The molecule has 2 N–H and O–H groups in total. The van der Waals surface area contributed by atoms with E-state index in [-0.39, 0.29) is 12.5 Å². The molecule has 112 valence electrons. The third-order valence-electron chi connectivity index (χ3n) is 3.29. The molecule has 3 nitrogen and oxygen atoms in total. The number of benzene rings is 1. The average Bonchev–Trinajstić information content (AvgIpc) is 2.43. The van der Waals surface area contributed by atoms with E-state index in [0.29, 0.717) is 18.2 Å². The van der Waals surface area contributed by atoms with Crippen LogP contribution in [0.5, 0.6) is 0 Å². The molecule has 0 saturated carbocycles. The van der Waals surface area contributed by atoms with Gasteiger partial charge < -0.3 is 10.4 Å². The van der Waals surface area contributed by atoms with Gasteiger partial charge in [-0.15, -0.1) is 11.8 Å². The summed E-state index contributed by atoms with van der Waals surface area (Å²) in [5.74, 6) is 1.82. The molecule has 0 spiro atoms. The van der Waals surface area contributed by atoms with Crippen molar-refractivity contribution in [1.82, 2.24) is 5.32 Å². The van der Waals surface area contributed by atoms with Crippen LogP contribution in [0.25, 0.3) is 0 Å². The van der Waals surface area contributed by atoms with Gasteiger partial charge in [-0.05, 0) is 24.8 Å². The fourth-order valence-electron chi connectivity index (χ4n) is 2.01. The Labute approximate surface area is 126 Å². The van der Waals surface area contributed by atoms with Crippen LogP contribution < -0.4 is 5.32 Å². The summed E-state index contributed by atoms with van der Waals surface area (Å²) in [5.41, 5.74) is 2.51. The van der Waals surface area contributed by atoms with Gasteiger partial charge in [0.05, 0.1) is 5.75 Å². The first kappa shape index (κ1) is 17.1. The predicted molar refractivity (Wildman–Crippen MR) is 85.8 cm³/mol. The van der Waals surface area contributed by atoms with Gasteiger partial charge in [-0.3, -0.25) is 4.79 Å². The van der Waals surface area contributed by atoms with Crippen molar-refractivity contribution in [2.45, 2.75) is 32.4 Å². The zero-order valence-electron chi connectivity index (χ0n) is 12.4. The number of aliphatic hydroxyl groups is 1. The monoisotopic (exact) mass is 295 g/mol. The van der Waals surface area contributed by atoms with Crippen LogP contribution in [-0.4, -0.2) is 29.9 Å². The SMILES string of the molecule is CCC(CCO)CNC(=O)CSCc1cccc(C)c1. The van der Waals surface area contributed by atoms with Crippen LogP contribution in [0.1, 0.15) is 30.9 Å². The van der Waals surface area contributed by atoms with E-state index in [4.69, 9.17) is 5.11 Å². The Balaban J connectivity index is 2.20. The van der Waals surface area contributed by atoms with Crippen molar-refractivity contribution >= 4 is 17.7 Å². The zero-order valence-corrected chi connectivity index (χ0v) is 13.2. The smallest absolute Gasteiger partial charge is 0.230 e. The van der Waals surface area contributed by atoms with E-state index in [9.17, 15) is 4.79 Å². The average molecular weight is 295 g/mol. The maximum atomic E-state index is 11.7. The maximum Gasteiger partial charge on any atom is 0.230 e. The van der Waals surface area contributed by atoms with Gasteiger partial charge in [0.15, 0.2) is 0 Å². The number of amides is 1. The molecule has 0 aromatic heterocycles. The lowest BCUT2D eigenvalue weighted by molar-refractivity contribution is -0.118. The lowest BCUT2D eigenvalue weighted by atomic mass is 10.0. The molecule has 0 fully saturated rings. The lowest BCUT2D eigenvalue weighted by Gasteiger charge is -2.14. The number of nitrogens with one attached hydrogen (secondary N) is 1. The van der Waals surface area contributed by atoms with Crippen LogP contribution in [0.3, 0.4) is 0 Å². The van der Waals surface area contributed by atoms with E-state index in [1.807, 2.05) is 6.07 Å². The van der Waals surface area contributed by atoms with Crippen molar-refractivity contribution < 1.29 is 9.90 Å². The van der Waals surface area contributed by atoms with Crippen LogP contribution in [0.2, 0.25) is 0 Å². The van der Waals surface area contributed by atoms with Crippen LogP contribution in [0, 0.1) is 12.8 Å². The van der Waals surface area contributed by atoms with E-state index in [0.717, 1.165) is 18.6 Å². The third-order valence-corrected chi connectivity index (χ3v) is 4.29. The van der Waals surface area contributed by atoms with Crippen molar-refractivity contribution in [1.29, 1.82) is 0 Å². The number of carbonyl (C=O) groups excluding carboxylic acids is 1. The molecule has 1 atom stereocenters. The quantitative estimate of drug-likeness (QED) is 0.736. The van der Waals surface area contributed by atoms with Crippen molar-refractivity contribution in [3.05, 3.63) is 35.4 Å². The molecule has 0 heterocycles. The minimum Gasteiger partial charge on any atom is -0.396 e. The summed E-state index contributed by atoms with van der Waals surface area (Å²) in [6, 6.07) is 8.37. The molecule has 0 aliphatic heterocycles. The van der Waals surface area contributed by atoms with Crippen LogP contribution in [-0.2, 0) is 10.5 Å². The summed E-state index contributed by atoms with van der Waals surface area (Å²) in [5, 5.41) is 11.9. The minimum absolute atomic E-state index is 0.0824. The molecule has 4 heteroatoms. The topological polar surface area (TPSA) is 49.3 Å². The Morgan fingerprint density at radius 2 is 2.25 bits per heavy atom. The van der Waals surface area contributed by atoms with Crippen LogP contribution >= 0.6 is 11.8 Å². The molecular formula is C16H25NO2S. The van der Waals surface area contributed by atoms with Crippen molar-refractivity contribution in [2.24, 2.45) is 5.92 Å². The zero-order chi connectivity index (χ0) is 14.8. The molecule has 0 saturated heterocycles. The van der Waals surface area contributed by atoms with Crippen molar-refractivity contribution in [3.8, 4) is 0 Å². The number of hydrogen-bond acceptors (Lipinski definition) is 3. The van der Waals surface area contributed by atoms with E-state index < -0.39 is 0 Å². The number of hydrogen-bond donors (Lipinski definition) is 2. The van der Waals surface area contributed by atoms with Gasteiger partial charge >= 0.3 is 0 Å². The first-order valence-corrected chi connectivity index (χ1v) is 8.32. The summed E-state index contributed by atoms with van der Waals surface area (Å²) >= 11 is 1.63. The minimum atomic E-state index is 0.0824. The number of aliphatic hydroxyl groups excluding tert-OH is 1. The van der Waals surface area contributed by atoms with Crippen molar-refractivity contribution in [3.63, 3.8) is 0 Å². The predicted octanol–water partition coefficient (Wildman–Crippen LogP) is 2.75.